The molecule has 0 heterocycles. The lowest BCUT2D eigenvalue weighted by molar-refractivity contribution is 0.310. The van der Waals surface area contributed by atoms with Crippen molar-refractivity contribution in [2.75, 3.05) is 5.73 Å². The molecule has 0 aliphatic heterocycles. The van der Waals surface area contributed by atoms with Gasteiger partial charge in [-0.25, -0.2) is 0 Å². The van der Waals surface area contributed by atoms with Crippen LogP contribution in [0.4, 0.5) is 5.69 Å². The molecule has 0 saturated carbocycles. The van der Waals surface area contributed by atoms with Crippen LogP contribution >= 0.6 is 0 Å². The van der Waals surface area contributed by atoms with Crippen LogP contribution < -0.4 is 10.5 Å². The fourth-order valence-electron chi connectivity index (χ4n) is 2.17. The Morgan fingerprint density at radius 2 is 1.47 bits per heavy atom. The van der Waals surface area contributed by atoms with Gasteiger partial charge in [0.15, 0.2) is 0 Å². The van der Waals surface area contributed by atoms with Crippen molar-refractivity contribution < 1.29 is 4.74 Å². The number of benzene rings is 3. The first kappa shape index (κ1) is 11.6. The minimum atomic E-state index is 0.564. The highest BCUT2D eigenvalue weighted by Crippen LogP contribution is 2.29. The van der Waals surface area contributed by atoms with Gasteiger partial charge in [0.2, 0.25) is 0 Å². The number of hydrogen-bond acceptors (Lipinski definition) is 2. The summed E-state index contributed by atoms with van der Waals surface area (Å²) in [5.41, 5.74) is 7.91. The Kier molecular flexibility index (Phi) is 3.07. The molecule has 0 amide bonds. The maximum Gasteiger partial charge on any atom is 0.127 e. The van der Waals surface area contributed by atoms with E-state index >= 15 is 0 Å². The van der Waals surface area contributed by atoms with Crippen molar-refractivity contribution in [3.05, 3.63) is 72.3 Å². The Balaban J connectivity index is 1.91. The zero-order valence-corrected chi connectivity index (χ0v) is 10.5. The predicted octanol–water partition coefficient (Wildman–Crippen LogP) is 4.00. The molecule has 3 aromatic carbocycles. The van der Waals surface area contributed by atoms with Crippen LogP contribution in [0.15, 0.2) is 66.7 Å². The summed E-state index contributed by atoms with van der Waals surface area (Å²) in [4.78, 5) is 0. The molecular weight excluding hydrogens is 234 g/mol. The van der Waals surface area contributed by atoms with Crippen LogP contribution in [0.2, 0.25) is 0 Å². The van der Waals surface area contributed by atoms with Crippen LogP contribution in [0.5, 0.6) is 5.75 Å². The Morgan fingerprint density at radius 1 is 0.737 bits per heavy atom. The van der Waals surface area contributed by atoms with Crippen LogP contribution in [-0.4, -0.2) is 0 Å². The van der Waals surface area contributed by atoms with Gasteiger partial charge >= 0.3 is 0 Å². The van der Waals surface area contributed by atoms with Crippen molar-refractivity contribution in [3.8, 4) is 5.75 Å². The van der Waals surface area contributed by atoms with Gasteiger partial charge in [-0.1, -0.05) is 54.6 Å². The van der Waals surface area contributed by atoms with E-state index in [9.17, 15) is 0 Å². The van der Waals surface area contributed by atoms with Crippen LogP contribution in [0.25, 0.3) is 10.8 Å². The molecule has 2 N–H and O–H groups in total. The first-order valence-corrected chi connectivity index (χ1v) is 6.28. The molecule has 0 aliphatic carbocycles. The largest absolute Gasteiger partial charge is 0.488 e. The molecule has 3 rings (SSSR count). The monoisotopic (exact) mass is 249 g/mol. The Labute approximate surface area is 112 Å². The maximum atomic E-state index is 5.98. The van der Waals surface area contributed by atoms with Gasteiger partial charge in [0.1, 0.15) is 12.4 Å². The van der Waals surface area contributed by atoms with Gasteiger partial charge in [0.05, 0.1) is 0 Å². The zero-order chi connectivity index (χ0) is 13.1. The highest BCUT2D eigenvalue weighted by atomic mass is 16.5. The lowest BCUT2D eigenvalue weighted by atomic mass is 10.1. The number of anilines is 1. The van der Waals surface area contributed by atoms with Crippen molar-refractivity contribution >= 4 is 16.5 Å². The number of ether oxygens (including phenoxy) is 1. The molecule has 0 radical (unpaired) electrons. The minimum absolute atomic E-state index is 0.564. The van der Waals surface area contributed by atoms with E-state index in [2.05, 4.69) is 12.1 Å². The SMILES string of the molecule is Nc1cccc2c(OCc3ccccc3)cccc12. The molecule has 0 unspecified atom stereocenters. The van der Waals surface area contributed by atoms with E-state index in [0.29, 0.717) is 6.61 Å². The summed E-state index contributed by atoms with van der Waals surface area (Å²) in [7, 11) is 0. The summed E-state index contributed by atoms with van der Waals surface area (Å²) in [6, 6.07) is 22.0. The van der Waals surface area contributed by atoms with Crippen LogP contribution in [0.1, 0.15) is 5.56 Å². The van der Waals surface area contributed by atoms with E-state index in [4.69, 9.17) is 10.5 Å². The summed E-state index contributed by atoms with van der Waals surface area (Å²) in [6.45, 7) is 0.564. The van der Waals surface area contributed by atoms with E-state index in [1.165, 1.54) is 0 Å². The highest BCUT2D eigenvalue weighted by Gasteiger charge is 2.04. The molecule has 0 aromatic heterocycles. The second-order valence-corrected chi connectivity index (χ2v) is 4.47. The van der Waals surface area contributed by atoms with Crippen LogP contribution in [0, 0.1) is 0 Å². The van der Waals surface area contributed by atoms with Gasteiger partial charge < -0.3 is 10.5 Å². The van der Waals surface area contributed by atoms with Gasteiger partial charge in [-0.05, 0) is 17.7 Å². The van der Waals surface area contributed by atoms with Crippen LogP contribution in [0.3, 0.4) is 0 Å². The lowest BCUT2D eigenvalue weighted by Crippen LogP contribution is -1.96. The van der Waals surface area contributed by atoms with Gasteiger partial charge in [-0.3, -0.25) is 0 Å². The average Bonchev–Trinajstić information content (AvgIpc) is 2.47. The van der Waals surface area contributed by atoms with Gasteiger partial charge in [-0.2, -0.15) is 0 Å². The minimum Gasteiger partial charge on any atom is -0.488 e. The Hall–Kier alpha value is -2.48. The number of hydrogen-bond donors (Lipinski definition) is 1. The number of fused-ring (bicyclic) bond motifs is 1. The van der Waals surface area contributed by atoms with Crippen LogP contribution in [-0.2, 0) is 6.61 Å². The summed E-state index contributed by atoms with van der Waals surface area (Å²) in [6.07, 6.45) is 0. The van der Waals surface area contributed by atoms with Crippen molar-refractivity contribution in [1.82, 2.24) is 0 Å². The smallest absolute Gasteiger partial charge is 0.127 e. The molecule has 0 atom stereocenters. The number of nitrogens with two attached hydrogens (primary N) is 1. The zero-order valence-electron chi connectivity index (χ0n) is 10.5. The fraction of sp³-hybridized carbons (Fsp3) is 0.0588. The lowest BCUT2D eigenvalue weighted by Gasteiger charge is -2.10. The first-order chi connectivity index (χ1) is 9.34. The number of rotatable bonds is 3. The van der Waals surface area contributed by atoms with E-state index in [-0.39, 0.29) is 0 Å². The second-order valence-electron chi connectivity index (χ2n) is 4.47. The normalized spacial score (nSPS) is 10.5. The maximum absolute atomic E-state index is 5.98. The molecule has 94 valence electrons. The molecule has 2 nitrogen and oxygen atoms in total. The molecule has 0 spiro atoms. The number of nitrogen functional groups attached to an aromatic ring is 1. The van der Waals surface area contributed by atoms with Gasteiger partial charge in [0, 0.05) is 16.5 Å². The quantitative estimate of drug-likeness (QED) is 0.712. The summed E-state index contributed by atoms with van der Waals surface area (Å²) >= 11 is 0. The molecule has 19 heavy (non-hydrogen) atoms. The van der Waals surface area contributed by atoms with E-state index in [1.807, 2.05) is 54.6 Å². The van der Waals surface area contributed by atoms with Crippen molar-refractivity contribution in [3.63, 3.8) is 0 Å². The Morgan fingerprint density at radius 3 is 2.32 bits per heavy atom. The Bertz CT molecular complexity index is 692. The standard InChI is InChI=1S/C17H15NO/c18-16-10-4-9-15-14(16)8-5-11-17(15)19-12-13-6-2-1-3-7-13/h1-11H,12,18H2. The van der Waals surface area contributed by atoms with E-state index in [1.54, 1.807) is 0 Å². The third-order valence-electron chi connectivity index (χ3n) is 3.15. The summed E-state index contributed by atoms with van der Waals surface area (Å²) in [5, 5.41) is 2.09. The molecule has 2 heteroatoms. The van der Waals surface area contributed by atoms with Crippen molar-refractivity contribution in [2.24, 2.45) is 0 Å². The fourth-order valence-corrected chi connectivity index (χ4v) is 2.17. The third-order valence-corrected chi connectivity index (χ3v) is 3.15. The summed E-state index contributed by atoms with van der Waals surface area (Å²) < 4.78 is 5.90. The highest BCUT2D eigenvalue weighted by molar-refractivity contribution is 5.96. The van der Waals surface area contributed by atoms with E-state index < -0.39 is 0 Å². The second kappa shape index (κ2) is 5.02. The van der Waals surface area contributed by atoms with Gasteiger partial charge in [0.25, 0.3) is 0 Å². The van der Waals surface area contributed by atoms with Gasteiger partial charge in [-0.15, -0.1) is 0 Å². The third kappa shape index (κ3) is 2.38. The molecule has 0 aliphatic rings. The summed E-state index contributed by atoms with van der Waals surface area (Å²) in [5.74, 6) is 0.869. The molecule has 0 saturated heterocycles. The molecule has 0 bridgehead atoms. The first-order valence-electron chi connectivity index (χ1n) is 6.28. The van der Waals surface area contributed by atoms with Crippen molar-refractivity contribution in [1.29, 1.82) is 0 Å². The van der Waals surface area contributed by atoms with E-state index in [0.717, 1.165) is 27.8 Å². The average molecular weight is 249 g/mol. The van der Waals surface area contributed by atoms with Crippen molar-refractivity contribution in [2.45, 2.75) is 6.61 Å². The topological polar surface area (TPSA) is 35.2 Å². The molecular formula is C17H15NO. The molecule has 3 aromatic rings. The molecule has 0 fully saturated rings. The predicted molar refractivity (Wildman–Crippen MR) is 79.1 cm³/mol.